The van der Waals surface area contributed by atoms with Crippen molar-refractivity contribution >= 4 is 18.0 Å². The maximum absolute atomic E-state index is 16.6. The minimum Gasteiger partial charge on any atom is -0.349 e. The Morgan fingerprint density at radius 1 is 1.09 bits per heavy atom. The molecule has 4 aliphatic heterocycles. The molecule has 0 saturated carbocycles. The van der Waals surface area contributed by atoms with Crippen LogP contribution in [0.5, 0.6) is 0 Å². The molecule has 3 fully saturated rings. The molecule has 47 heavy (non-hydrogen) atoms. The third-order valence-corrected chi connectivity index (χ3v) is 11.7. The summed E-state index contributed by atoms with van der Waals surface area (Å²) in [4.78, 5) is 37.7. The van der Waals surface area contributed by atoms with Crippen molar-refractivity contribution in [1.82, 2.24) is 25.3 Å². The molecular formula is C35H64F2N8O2. The third kappa shape index (κ3) is 9.09. The Labute approximate surface area is 282 Å². The lowest BCUT2D eigenvalue weighted by molar-refractivity contribution is -0.138. The van der Waals surface area contributed by atoms with Crippen LogP contribution in [0.2, 0.25) is 0 Å². The van der Waals surface area contributed by atoms with Crippen LogP contribution in [0.1, 0.15) is 91.9 Å². The van der Waals surface area contributed by atoms with E-state index in [2.05, 4.69) is 53.1 Å². The Balaban J connectivity index is 1.56. The fourth-order valence-corrected chi connectivity index (χ4v) is 8.78. The monoisotopic (exact) mass is 667 g/mol. The maximum Gasteiger partial charge on any atom is 0.236 e. The summed E-state index contributed by atoms with van der Waals surface area (Å²) in [5.41, 5.74) is 11.6. The predicted octanol–water partition coefficient (Wildman–Crippen LogP) is 2.85. The molecule has 0 aromatic carbocycles. The molecule has 0 aliphatic carbocycles. The van der Waals surface area contributed by atoms with Gasteiger partial charge in [-0.05, 0) is 49.9 Å². The van der Waals surface area contributed by atoms with Gasteiger partial charge in [-0.2, -0.15) is 0 Å². The van der Waals surface area contributed by atoms with Crippen molar-refractivity contribution in [2.24, 2.45) is 33.7 Å². The number of likely N-dealkylation sites (tertiary alicyclic amines) is 1. The quantitative estimate of drug-likeness (QED) is 0.166. The number of alkyl halides is 2. The van der Waals surface area contributed by atoms with Crippen molar-refractivity contribution in [1.29, 1.82) is 0 Å². The molecule has 4 rings (SSSR count). The zero-order valence-electron chi connectivity index (χ0n) is 29.6. The molecule has 2 amide bonds. The summed E-state index contributed by atoms with van der Waals surface area (Å²) in [5.74, 6) is -1.08. The Kier molecular flexibility index (Phi) is 14.0. The Bertz CT molecular complexity index is 1040. The fourth-order valence-electron chi connectivity index (χ4n) is 8.78. The second kappa shape index (κ2) is 17.3. The van der Waals surface area contributed by atoms with Gasteiger partial charge in [-0.25, -0.2) is 8.78 Å². The average molecular weight is 667 g/mol. The molecule has 0 radical (unpaired) electrons. The van der Waals surface area contributed by atoms with Crippen LogP contribution >= 0.6 is 0 Å². The van der Waals surface area contributed by atoms with Crippen LogP contribution in [0.25, 0.3) is 0 Å². The fraction of sp³-hybridized carbons (Fsp3) is 0.914. The van der Waals surface area contributed by atoms with Gasteiger partial charge in [-0.1, -0.05) is 53.4 Å². The molecule has 4 heterocycles. The minimum absolute atomic E-state index is 0.0903. The van der Waals surface area contributed by atoms with E-state index in [0.717, 1.165) is 64.5 Å². The van der Waals surface area contributed by atoms with Crippen LogP contribution in [-0.2, 0) is 9.59 Å². The lowest BCUT2D eigenvalue weighted by Gasteiger charge is -2.56. The number of nitrogens with zero attached hydrogens (tertiary/aromatic N) is 4. The van der Waals surface area contributed by atoms with E-state index < -0.39 is 42.0 Å². The van der Waals surface area contributed by atoms with E-state index in [0.29, 0.717) is 45.6 Å². The van der Waals surface area contributed by atoms with Crippen molar-refractivity contribution < 1.29 is 18.4 Å². The normalized spacial score (nSPS) is 33.9. The number of amides is 2. The summed E-state index contributed by atoms with van der Waals surface area (Å²) < 4.78 is 31.5. The van der Waals surface area contributed by atoms with Gasteiger partial charge < -0.3 is 27.0 Å². The number of piperazine rings is 1. The highest BCUT2D eigenvalue weighted by Gasteiger charge is 2.56. The number of aliphatic imine (C=N–C) groups is 1. The van der Waals surface area contributed by atoms with E-state index in [9.17, 15) is 14.0 Å². The number of carbonyl (C=O) groups is 2. The van der Waals surface area contributed by atoms with Gasteiger partial charge in [-0.15, -0.1) is 0 Å². The summed E-state index contributed by atoms with van der Waals surface area (Å²) in [6.45, 7) is 13.5. The summed E-state index contributed by atoms with van der Waals surface area (Å²) >= 11 is 0. The van der Waals surface area contributed by atoms with Gasteiger partial charge in [0, 0.05) is 58.1 Å². The van der Waals surface area contributed by atoms with Gasteiger partial charge in [0.1, 0.15) is 6.17 Å². The van der Waals surface area contributed by atoms with Crippen molar-refractivity contribution in [3.8, 4) is 0 Å². The van der Waals surface area contributed by atoms with Gasteiger partial charge in [0.25, 0.3) is 0 Å². The van der Waals surface area contributed by atoms with Gasteiger partial charge in [0.2, 0.25) is 11.8 Å². The number of unbranched alkanes of at least 4 members (excludes halogenated alkanes) is 2. The van der Waals surface area contributed by atoms with Crippen LogP contribution in [0.15, 0.2) is 4.99 Å². The van der Waals surface area contributed by atoms with E-state index >= 15 is 4.39 Å². The predicted molar refractivity (Wildman–Crippen MR) is 185 cm³/mol. The maximum atomic E-state index is 16.6. The largest absolute Gasteiger partial charge is 0.349 e. The number of nitrogens with one attached hydrogen (secondary N) is 2. The van der Waals surface area contributed by atoms with Crippen molar-refractivity contribution in [3.63, 3.8) is 0 Å². The highest BCUT2D eigenvalue weighted by Crippen LogP contribution is 2.41. The Morgan fingerprint density at radius 2 is 1.81 bits per heavy atom. The Morgan fingerprint density at radius 3 is 2.43 bits per heavy atom. The minimum atomic E-state index is -1.39. The van der Waals surface area contributed by atoms with Gasteiger partial charge in [0.15, 0.2) is 6.17 Å². The van der Waals surface area contributed by atoms with Crippen LogP contribution < -0.4 is 22.1 Å². The molecule has 0 aromatic rings. The summed E-state index contributed by atoms with van der Waals surface area (Å²) in [7, 11) is 0. The molecule has 10 nitrogen and oxygen atoms in total. The highest BCUT2D eigenvalue weighted by molar-refractivity contribution is 5.81. The third-order valence-electron chi connectivity index (χ3n) is 11.7. The van der Waals surface area contributed by atoms with E-state index in [-0.39, 0.29) is 36.2 Å². The smallest absolute Gasteiger partial charge is 0.236 e. The van der Waals surface area contributed by atoms with Crippen molar-refractivity contribution in [2.45, 2.75) is 128 Å². The van der Waals surface area contributed by atoms with Gasteiger partial charge in [0.05, 0.1) is 36.8 Å². The number of carbonyl (C=O) groups excluding carboxylic acids is 2. The van der Waals surface area contributed by atoms with Crippen molar-refractivity contribution in [2.75, 3.05) is 58.9 Å². The molecule has 3 saturated heterocycles. The lowest BCUT2D eigenvalue weighted by Crippen LogP contribution is -2.75. The second-order valence-corrected chi connectivity index (χ2v) is 15.3. The van der Waals surface area contributed by atoms with Crippen LogP contribution in [0.3, 0.4) is 0 Å². The highest BCUT2D eigenvalue weighted by atomic mass is 19.1. The summed E-state index contributed by atoms with van der Waals surface area (Å²) in [6.07, 6.45) is 6.88. The number of nitrogens with two attached hydrogens (primary N) is 2. The van der Waals surface area contributed by atoms with Gasteiger partial charge in [-0.3, -0.25) is 24.4 Å². The number of rotatable bonds is 14. The molecule has 6 unspecified atom stereocenters. The molecule has 0 aromatic heterocycles. The standard InChI is InChI=1S/C35H64F2N8O2/c1-5-7-8-12-34(4)13-11-26(36)21-41-27(20-34)31(32(38)39)33(47)42-29-23-40-22-28(37)35(29,25(3)10-6-2)45-18-16-43(17-19-45)24-30(46)44-14-9-15-44/h22,25-29,31-32,41H,5-21,23-24,38-39H2,1-4H3,(H,42,47)/t25-,26?,27?,28?,29?,31?,34-,35?/m1/s1. The molecular weight excluding hydrogens is 602 g/mol. The molecule has 0 bridgehead atoms. The van der Waals surface area contributed by atoms with E-state index in [4.69, 9.17) is 11.5 Å². The topological polar surface area (TPSA) is 132 Å². The molecule has 270 valence electrons. The number of hydrogen-bond acceptors (Lipinski definition) is 8. The average Bonchev–Trinajstić information content (AvgIpc) is 2.98. The van der Waals surface area contributed by atoms with Gasteiger partial charge >= 0.3 is 0 Å². The number of halogens is 2. The summed E-state index contributed by atoms with van der Waals surface area (Å²) in [5, 5.41) is 6.60. The molecule has 0 spiro atoms. The first kappa shape index (κ1) is 38.1. The van der Waals surface area contributed by atoms with E-state index in [1.807, 2.05) is 4.90 Å². The molecule has 8 atom stereocenters. The van der Waals surface area contributed by atoms with Crippen molar-refractivity contribution in [3.05, 3.63) is 0 Å². The second-order valence-electron chi connectivity index (χ2n) is 15.3. The molecule has 4 aliphatic rings. The number of hydrogen-bond donors (Lipinski definition) is 4. The Hall–Kier alpha value is -1.73. The summed E-state index contributed by atoms with van der Waals surface area (Å²) in [6, 6.07) is -1.02. The van der Waals surface area contributed by atoms with E-state index in [1.165, 1.54) is 6.21 Å². The van der Waals surface area contributed by atoms with Crippen LogP contribution in [0, 0.1) is 17.3 Å². The first-order chi connectivity index (χ1) is 22.4. The van der Waals surface area contributed by atoms with Crippen LogP contribution in [-0.4, -0.2) is 128 Å². The lowest BCUT2D eigenvalue weighted by atomic mass is 9.69. The zero-order valence-corrected chi connectivity index (χ0v) is 29.6. The van der Waals surface area contributed by atoms with E-state index in [1.54, 1.807) is 0 Å². The zero-order chi connectivity index (χ0) is 34.2. The molecule has 6 N–H and O–H groups in total. The SMILES string of the molecule is CCCCC[C@]1(C)CCC(F)CNC(C(C(=O)NC2CN=CC(F)C2([C@H](C)CCC)N2CCN(CC(=O)N3CCC3)CC2)C(N)N)C1. The first-order valence-electron chi connectivity index (χ1n) is 18.5. The first-order valence-corrected chi connectivity index (χ1v) is 18.5. The molecule has 12 heteroatoms. The van der Waals surface area contributed by atoms with Crippen LogP contribution in [0.4, 0.5) is 8.78 Å².